The molecule has 596 valence electrons. The lowest BCUT2D eigenvalue weighted by molar-refractivity contribution is 0.464. The van der Waals surface area contributed by atoms with E-state index in [1.807, 2.05) is 0 Å². The zero-order valence-electron chi connectivity index (χ0n) is 71.3. The summed E-state index contributed by atoms with van der Waals surface area (Å²) in [6, 6.07) is 133. The highest BCUT2D eigenvalue weighted by Gasteiger charge is 2.42. The van der Waals surface area contributed by atoms with Crippen LogP contribution in [0.15, 0.2) is 364 Å². The second-order valence-corrected chi connectivity index (χ2v) is 34.9. The van der Waals surface area contributed by atoms with E-state index >= 15 is 0 Å². The average molecular weight is 1620 g/mol. The van der Waals surface area contributed by atoms with Crippen LogP contribution in [0.3, 0.4) is 0 Å². The largest absolute Gasteiger partial charge is 0.458 e. The molecule has 0 fully saturated rings. The van der Waals surface area contributed by atoms with Crippen molar-refractivity contribution in [1.29, 1.82) is 0 Å². The number of nitrogens with zero attached hydrogens (tertiary/aromatic N) is 6. The molecule has 0 unspecified atom stereocenters. The zero-order valence-corrected chi connectivity index (χ0v) is 71.3. The van der Waals surface area contributed by atoms with E-state index in [0.29, 0.717) is 0 Å². The summed E-state index contributed by atoms with van der Waals surface area (Å²) in [6.07, 6.45) is 0. The van der Waals surface area contributed by atoms with Crippen LogP contribution < -0.4 is 42.3 Å². The minimum atomic E-state index is -0.00711. The Morgan fingerprint density at radius 1 is 0.206 bits per heavy atom. The molecule has 26 rings (SSSR count). The third-order valence-electron chi connectivity index (χ3n) is 27.5. The normalized spacial score (nSPS) is 12.4. The van der Waals surface area contributed by atoms with E-state index in [0.717, 1.165) is 84.4 Å². The van der Waals surface area contributed by atoms with Crippen molar-refractivity contribution in [3.05, 3.63) is 408 Å². The van der Waals surface area contributed by atoms with Crippen LogP contribution in [0.1, 0.15) is 44.5 Å². The maximum atomic E-state index is 6.92. The molecule has 10 heteroatoms. The summed E-state index contributed by atoms with van der Waals surface area (Å²) < 4.78 is 29.0. The molecule has 0 amide bonds. The van der Waals surface area contributed by atoms with Crippen molar-refractivity contribution in [2.24, 2.45) is 0 Å². The first-order valence-electron chi connectivity index (χ1n) is 44.0. The molecular formula is C116H84B2N6O2. The Morgan fingerprint density at radius 2 is 0.460 bits per heavy atom. The van der Waals surface area contributed by atoms with Gasteiger partial charge in [0.1, 0.15) is 23.0 Å². The quantitative estimate of drug-likeness (QED) is 0.135. The van der Waals surface area contributed by atoms with Gasteiger partial charge < -0.3 is 36.9 Å². The molecule has 2 aliphatic rings. The molecule has 126 heavy (non-hydrogen) atoms. The Kier molecular flexibility index (Phi) is 16.3. The molecule has 0 atom stereocenters. The molecule has 24 aromatic rings. The van der Waals surface area contributed by atoms with E-state index in [4.69, 9.17) is 9.47 Å². The number of para-hydroxylation sites is 10. The highest BCUT2D eigenvalue weighted by molar-refractivity contribution is 6.98. The number of aromatic nitrogens is 6. The minimum Gasteiger partial charge on any atom is -0.458 e. The summed E-state index contributed by atoms with van der Waals surface area (Å²) >= 11 is 0. The van der Waals surface area contributed by atoms with Crippen molar-refractivity contribution in [2.75, 3.05) is 0 Å². The Labute approximate surface area is 730 Å². The smallest absolute Gasteiger partial charge is 0.260 e. The first-order valence-corrected chi connectivity index (χ1v) is 44.0. The minimum absolute atomic E-state index is 0.00711. The fourth-order valence-corrected chi connectivity index (χ4v) is 22.6. The SMILES string of the molecule is Cc1cccc(-n2c3ccccc3c3c4c(c5ccccc5n4-c4ccccc4)c4c(c5ccccc5n4-c4cc(C)c(B(c5c(C)cccc5C)c5c(C)cccc5C)c(C)c4)c32)c1.Cc1cccc(-n2c3ccccc3c3c4c(c5ccccc5n4-c4ccccc4)c4c(c5ccccc5n4-c4cc5c6c(c4)Oc4ccccc4B6c4ccccc4O5)c32)c1. The number of fused-ring (bicyclic) bond motifs is 28. The highest BCUT2D eigenvalue weighted by Crippen LogP contribution is 2.54. The fourth-order valence-electron chi connectivity index (χ4n) is 22.6. The first-order chi connectivity index (χ1) is 61.9. The second-order valence-electron chi connectivity index (χ2n) is 34.9. The molecule has 2 aliphatic heterocycles. The predicted octanol–water partition coefficient (Wildman–Crippen LogP) is 25.7. The van der Waals surface area contributed by atoms with Crippen LogP contribution in [0.4, 0.5) is 0 Å². The van der Waals surface area contributed by atoms with Crippen LogP contribution in [0.2, 0.25) is 0 Å². The lowest BCUT2D eigenvalue weighted by atomic mass is 9.33. The molecule has 8 nitrogen and oxygen atoms in total. The predicted molar refractivity (Wildman–Crippen MR) is 532 cm³/mol. The molecule has 0 bridgehead atoms. The topological polar surface area (TPSA) is 48.0 Å². The van der Waals surface area contributed by atoms with Crippen LogP contribution >= 0.6 is 0 Å². The lowest BCUT2D eigenvalue weighted by Crippen LogP contribution is -2.57. The van der Waals surface area contributed by atoms with Crippen LogP contribution in [0.5, 0.6) is 23.0 Å². The molecule has 0 aliphatic carbocycles. The van der Waals surface area contributed by atoms with E-state index in [2.05, 4.69) is 447 Å². The first kappa shape index (κ1) is 73.2. The van der Waals surface area contributed by atoms with Gasteiger partial charge in [-0.1, -0.05) is 292 Å². The third-order valence-corrected chi connectivity index (χ3v) is 27.5. The highest BCUT2D eigenvalue weighted by atomic mass is 16.5. The van der Waals surface area contributed by atoms with Gasteiger partial charge in [-0.2, -0.15) is 0 Å². The van der Waals surface area contributed by atoms with E-state index in [9.17, 15) is 0 Å². The molecule has 6 aromatic heterocycles. The van der Waals surface area contributed by atoms with E-state index < -0.39 is 0 Å². The number of ether oxygens (including phenoxy) is 2. The van der Waals surface area contributed by atoms with Crippen molar-refractivity contribution in [1.82, 2.24) is 27.4 Å². The van der Waals surface area contributed by atoms with Crippen molar-refractivity contribution in [3.63, 3.8) is 0 Å². The van der Waals surface area contributed by atoms with E-state index in [1.54, 1.807) is 0 Å². The van der Waals surface area contributed by atoms with E-state index in [-0.39, 0.29) is 13.4 Å². The number of rotatable bonds is 9. The van der Waals surface area contributed by atoms with Crippen LogP contribution in [0, 0.1) is 55.4 Å². The van der Waals surface area contributed by atoms with Crippen molar-refractivity contribution >= 4 is 177 Å². The van der Waals surface area contributed by atoms with Gasteiger partial charge in [0.25, 0.3) is 6.71 Å². The van der Waals surface area contributed by atoms with Gasteiger partial charge in [-0.25, -0.2) is 0 Å². The maximum absolute atomic E-state index is 6.92. The average Bonchev–Trinajstić information content (AvgIpc) is 1.51. The van der Waals surface area contributed by atoms with Crippen LogP contribution in [0.25, 0.3) is 165 Å². The lowest BCUT2D eigenvalue weighted by Gasteiger charge is -2.33. The van der Waals surface area contributed by atoms with Crippen molar-refractivity contribution < 1.29 is 9.47 Å². The van der Waals surface area contributed by atoms with Crippen molar-refractivity contribution in [3.8, 4) is 57.1 Å². The molecular weight excluding hydrogens is 1530 g/mol. The number of benzene rings is 18. The monoisotopic (exact) mass is 1610 g/mol. The van der Waals surface area contributed by atoms with Gasteiger partial charge in [0.05, 0.1) is 71.9 Å². The molecule has 0 saturated heterocycles. The maximum Gasteiger partial charge on any atom is 0.260 e. The Balaban J connectivity index is 0.000000138. The summed E-state index contributed by atoms with van der Waals surface area (Å²) in [7, 11) is 0. The summed E-state index contributed by atoms with van der Waals surface area (Å²) in [5.41, 5.74) is 38.8. The van der Waals surface area contributed by atoms with Gasteiger partial charge in [-0.3, -0.25) is 0 Å². The summed E-state index contributed by atoms with van der Waals surface area (Å²) in [6.45, 7) is 18.3. The summed E-state index contributed by atoms with van der Waals surface area (Å²) in [5.74, 6) is 3.38. The number of hydrogen-bond acceptors (Lipinski definition) is 2. The summed E-state index contributed by atoms with van der Waals surface area (Å²) in [4.78, 5) is 0. The Bertz CT molecular complexity index is 8610. The fraction of sp³-hybridized carbons (Fsp3) is 0.0690. The summed E-state index contributed by atoms with van der Waals surface area (Å²) in [5, 5.41) is 14.7. The number of hydrogen-bond donors (Lipinski definition) is 0. The molecule has 18 aromatic carbocycles. The second kappa shape index (κ2) is 28.0. The van der Waals surface area contributed by atoms with E-state index in [1.165, 1.54) is 181 Å². The van der Waals surface area contributed by atoms with Gasteiger partial charge in [-0.15, -0.1) is 0 Å². The number of aryl methyl sites for hydroxylation is 8. The zero-order chi connectivity index (χ0) is 84.2. The van der Waals surface area contributed by atoms with Crippen LogP contribution in [-0.4, -0.2) is 40.8 Å². The molecule has 0 radical (unpaired) electrons. The Hall–Kier alpha value is -15.5. The third kappa shape index (κ3) is 10.6. The molecule has 0 N–H and O–H groups in total. The standard InChI is InChI=1S/C61H50BN3.C55H34BN3O2/c1-37-20-17-27-45(34-37)64-51-32-15-12-29-48(51)53-59-54(47-28-11-14-31-50(47)63(59)44-25-9-8-10-26-44)61-55(60(53)64)49-30-13-16-33-52(49)65(61)46-35-42(6)58(43(7)36-46)62(56-38(2)21-18-22-39(56)3)57-40(4)23-19-24-41(57)5;1-33-16-15-19-35(30-33)58-43-26-11-6-21-38(43)49-53-50(37-20-5-10-25-42(37)57(53)34-17-3-2-4-18-34)55-51(54(49)58)39-22-7-12-27-44(39)59(55)36-31-47-52-48(32-36)61-46-29-14-9-24-41(46)56(52)40-23-8-13-28-45(40)60-47/h8-36H,1-7H3;2-32H,1H3. The molecule has 0 saturated carbocycles. The van der Waals surface area contributed by atoms with Gasteiger partial charge >= 0.3 is 0 Å². The molecule has 8 heterocycles. The van der Waals surface area contributed by atoms with Gasteiger partial charge in [0.15, 0.2) is 0 Å². The van der Waals surface area contributed by atoms with Crippen LogP contribution in [-0.2, 0) is 0 Å². The Morgan fingerprint density at radius 3 is 0.786 bits per heavy atom. The van der Waals surface area contributed by atoms with Crippen molar-refractivity contribution in [2.45, 2.75) is 55.4 Å². The van der Waals surface area contributed by atoms with Gasteiger partial charge in [-0.05, 0) is 187 Å². The van der Waals surface area contributed by atoms with Gasteiger partial charge in [0, 0.05) is 111 Å². The molecule has 0 spiro atoms. The van der Waals surface area contributed by atoms with Gasteiger partial charge in [0.2, 0.25) is 6.71 Å².